The number of alkyl halides is 3. The van der Waals surface area contributed by atoms with Gasteiger partial charge in [-0.25, -0.2) is 0 Å². The van der Waals surface area contributed by atoms with E-state index in [-0.39, 0.29) is 24.4 Å². The molecule has 2 aliphatic rings. The molecule has 0 spiro atoms. The van der Waals surface area contributed by atoms with Gasteiger partial charge in [0.1, 0.15) is 0 Å². The van der Waals surface area contributed by atoms with E-state index >= 15 is 0 Å². The first-order chi connectivity index (χ1) is 10.0. The molecule has 2 rings (SSSR count). The van der Waals surface area contributed by atoms with Crippen LogP contribution < -0.4 is 0 Å². The Morgan fingerprint density at radius 3 is 2.32 bits per heavy atom. The molecule has 6 heteroatoms. The predicted octanol–water partition coefficient (Wildman–Crippen LogP) is 3.51. The van der Waals surface area contributed by atoms with E-state index in [1.54, 1.807) is 0 Å². The van der Waals surface area contributed by atoms with Crippen molar-refractivity contribution in [3.8, 4) is 0 Å². The molecule has 1 saturated heterocycles. The quantitative estimate of drug-likeness (QED) is 0.845. The highest BCUT2D eigenvalue weighted by molar-refractivity contribution is 5.76. The summed E-state index contributed by atoms with van der Waals surface area (Å²) in [6.07, 6.45) is -0.729. The van der Waals surface area contributed by atoms with Crippen LogP contribution in [0.15, 0.2) is 0 Å². The average molecular weight is 321 g/mol. The molecule has 1 unspecified atom stereocenters. The van der Waals surface area contributed by atoms with Gasteiger partial charge < -0.3 is 10.0 Å². The molecular weight excluding hydrogens is 295 g/mol. The summed E-state index contributed by atoms with van der Waals surface area (Å²) in [5.41, 5.74) is -2.38. The van der Waals surface area contributed by atoms with Crippen molar-refractivity contribution < 1.29 is 23.1 Å². The molecular formula is C16H26F3NO2. The monoisotopic (exact) mass is 321 g/mol. The van der Waals surface area contributed by atoms with Gasteiger partial charge in [0.15, 0.2) is 5.60 Å². The third-order valence-corrected chi connectivity index (χ3v) is 5.24. The maximum Gasteiger partial charge on any atom is 0.417 e. The lowest BCUT2D eigenvalue weighted by molar-refractivity contribution is -0.272. The maximum atomic E-state index is 12.8. The van der Waals surface area contributed by atoms with Crippen LogP contribution >= 0.6 is 0 Å². The van der Waals surface area contributed by atoms with E-state index in [4.69, 9.17) is 0 Å². The number of nitrogens with zero attached hydrogens (tertiary/aromatic N) is 1. The van der Waals surface area contributed by atoms with Crippen molar-refractivity contribution in [3.63, 3.8) is 0 Å². The van der Waals surface area contributed by atoms with Crippen molar-refractivity contribution in [2.75, 3.05) is 13.1 Å². The van der Waals surface area contributed by atoms with Crippen LogP contribution in [0.4, 0.5) is 13.2 Å². The zero-order valence-electron chi connectivity index (χ0n) is 13.4. The van der Waals surface area contributed by atoms with E-state index < -0.39 is 24.6 Å². The van der Waals surface area contributed by atoms with E-state index in [1.165, 1.54) is 11.3 Å². The Bertz CT molecular complexity index is 412. The minimum atomic E-state index is -4.62. The molecule has 0 aromatic carbocycles. The Balaban J connectivity index is 1.85. The minimum Gasteiger partial charge on any atom is -0.380 e. The van der Waals surface area contributed by atoms with Crippen LogP contribution in [-0.4, -0.2) is 40.8 Å². The first-order valence-electron chi connectivity index (χ1n) is 8.09. The second-order valence-electron chi connectivity index (χ2n) is 7.74. The van der Waals surface area contributed by atoms with Crippen molar-refractivity contribution >= 4 is 5.91 Å². The molecule has 0 bridgehead atoms. The smallest absolute Gasteiger partial charge is 0.380 e. The average Bonchev–Trinajstić information content (AvgIpc) is 2.36. The highest BCUT2D eigenvalue weighted by atomic mass is 19.4. The van der Waals surface area contributed by atoms with Crippen LogP contribution in [0.3, 0.4) is 0 Å². The summed E-state index contributed by atoms with van der Waals surface area (Å²) in [7, 11) is 0. The fourth-order valence-corrected chi connectivity index (χ4v) is 3.81. The topological polar surface area (TPSA) is 40.5 Å². The van der Waals surface area contributed by atoms with Gasteiger partial charge in [-0.1, -0.05) is 20.3 Å². The number of likely N-dealkylation sites (tertiary alicyclic amines) is 1. The summed E-state index contributed by atoms with van der Waals surface area (Å²) in [6, 6.07) is 0. The van der Waals surface area contributed by atoms with Crippen molar-refractivity contribution in [2.24, 2.45) is 11.3 Å². The molecule has 22 heavy (non-hydrogen) atoms. The molecule has 1 aliphatic carbocycles. The van der Waals surface area contributed by atoms with E-state index in [0.717, 1.165) is 19.3 Å². The van der Waals surface area contributed by atoms with E-state index in [0.29, 0.717) is 12.3 Å². The summed E-state index contributed by atoms with van der Waals surface area (Å²) in [5, 5.41) is 9.63. The van der Waals surface area contributed by atoms with Gasteiger partial charge in [0.25, 0.3) is 0 Å². The number of piperidine rings is 1. The largest absolute Gasteiger partial charge is 0.417 e. The number of rotatable bonds is 2. The molecule has 1 N–H and O–H groups in total. The van der Waals surface area contributed by atoms with Gasteiger partial charge in [0, 0.05) is 32.4 Å². The van der Waals surface area contributed by atoms with Crippen LogP contribution in [0.25, 0.3) is 0 Å². The fourth-order valence-electron chi connectivity index (χ4n) is 3.81. The van der Waals surface area contributed by atoms with Crippen molar-refractivity contribution in [1.29, 1.82) is 0 Å². The molecule has 1 aliphatic heterocycles. The van der Waals surface area contributed by atoms with Crippen LogP contribution in [-0.2, 0) is 4.79 Å². The molecule has 2 fully saturated rings. The number of carbonyl (C=O) groups excluding carboxylic acids is 1. The van der Waals surface area contributed by atoms with E-state index in [1.807, 2.05) is 0 Å². The predicted molar refractivity (Wildman–Crippen MR) is 77.2 cm³/mol. The lowest BCUT2D eigenvalue weighted by Crippen LogP contribution is -2.54. The van der Waals surface area contributed by atoms with Gasteiger partial charge in [-0.2, -0.15) is 13.2 Å². The third-order valence-electron chi connectivity index (χ3n) is 5.24. The van der Waals surface area contributed by atoms with E-state index in [2.05, 4.69) is 13.8 Å². The Labute approximate surface area is 129 Å². The summed E-state index contributed by atoms with van der Waals surface area (Å²) in [4.78, 5) is 13.8. The van der Waals surface area contributed by atoms with Crippen LogP contribution in [0.5, 0.6) is 0 Å². The second kappa shape index (κ2) is 6.02. The molecule has 1 saturated carbocycles. The Morgan fingerprint density at radius 2 is 1.82 bits per heavy atom. The molecule has 3 nitrogen and oxygen atoms in total. The summed E-state index contributed by atoms with van der Waals surface area (Å²) >= 11 is 0. The SMILES string of the molecule is CC1(C)CCCC(CC(=O)N2CCC(O)(C(F)(F)F)CC2)C1. The van der Waals surface area contributed by atoms with Crippen molar-refractivity contribution in [2.45, 2.75) is 70.6 Å². The lowest BCUT2D eigenvalue weighted by atomic mass is 9.71. The van der Waals surface area contributed by atoms with Gasteiger partial charge in [-0.15, -0.1) is 0 Å². The number of hydrogen-bond acceptors (Lipinski definition) is 2. The van der Waals surface area contributed by atoms with E-state index in [9.17, 15) is 23.1 Å². The molecule has 1 atom stereocenters. The van der Waals surface area contributed by atoms with Crippen LogP contribution in [0, 0.1) is 11.3 Å². The molecule has 0 radical (unpaired) electrons. The molecule has 1 amide bonds. The summed E-state index contributed by atoms with van der Waals surface area (Å²) in [6.45, 7) is 4.39. The lowest BCUT2D eigenvalue weighted by Gasteiger charge is -2.40. The van der Waals surface area contributed by atoms with Crippen LogP contribution in [0.2, 0.25) is 0 Å². The van der Waals surface area contributed by atoms with Gasteiger partial charge >= 0.3 is 6.18 Å². The number of amides is 1. The number of hydrogen-bond donors (Lipinski definition) is 1. The Kier molecular flexibility index (Phi) is 4.81. The summed E-state index contributed by atoms with van der Waals surface area (Å²) in [5.74, 6) is 0.270. The van der Waals surface area contributed by atoms with Crippen LogP contribution in [0.1, 0.15) is 58.8 Å². The first-order valence-corrected chi connectivity index (χ1v) is 8.09. The highest BCUT2D eigenvalue weighted by Crippen LogP contribution is 2.41. The third kappa shape index (κ3) is 3.94. The first kappa shape index (κ1) is 17.6. The molecule has 0 aromatic heterocycles. The highest BCUT2D eigenvalue weighted by Gasteiger charge is 2.54. The molecule has 128 valence electrons. The molecule has 1 heterocycles. The number of aliphatic hydroxyl groups is 1. The fraction of sp³-hybridized carbons (Fsp3) is 0.938. The van der Waals surface area contributed by atoms with Gasteiger partial charge in [0.2, 0.25) is 5.91 Å². The normalized spacial score (nSPS) is 28.5. The Hall–Kier alpha value is -0.780. The zero-order valence-corrected chi connectivity index (χ0v) is 13.4. The Morgan fingerprint density at radius 1 is 1.23 bits per heavy atom. The van der Waals surface area contributed by atoms with Gasteiger partial charge in [0.05, 0.1) is 0 Å². The van der Waals surface area contributed by atoms with Crippen molar-refractivity contribution in [1.82, 2.24) is 4.90 Å². The number of carbonyl (C=O) groups is 1. The van der Waals surface area contributed by atoms with Gasteiger partial charge in [-0.05, 0) is 30.6 Å². The van der Waals surface area contributed by atoms with Crippen molar-refractivity contribution in [3.05, 3.63) is 0 Å². The standard InChI is InChI=1S/C16H26F3NO2/c1-14(2)5-3-4-12(11-14)10-13(21)20-8-6-15(22,7-9-20)16(17,18)19/h12,22H,3-11H2,1-2H3. The number of halogens is 3. The second-order valence-corrected chi connectivity index (χ2v) is 7.74. The van der Waals surface area contributed by atoms with Gasteiger partial charge in [-0.3, -0.25) is 4.79 Å². The zero-order chi connectivity index (χ0) is 16.6. The maximum absolute atomic E-state index is 12.8. The summed E-state index contributed by atoms with van der Waals surface area (Å²) < 4.78 is 38.3. The minimum absolute atomic E-state index is 0.00897. The molecule has 0 aromatic rings.